The third-order valence-corrected chi connectivity index (χ3v) is 4.40. The number of aryl methyl sites for hydroxylation is 1. The predicted octanol–water partition coefficient (Wildman–Crippen LogP) is 3.44. The maximum Gasteiger partial charge on any atom is 0.221 e. The monoisotopic (exact) mass is 394 g/mol. The molecule has 0 bridgehead atoms. The number of nitrogens with one attached hydrogen (secondary N) is 3. The number of nitrogens with zero attached hydrogens (tertiary/aromatic N) is 1. The number of rotatable bonds is 7. The lowest BCUT2D eigenvalue weighted by Crippen LogP contribution is -2.38. The Morgan fingerprint density at radius 3 is 2.72 bits per heavy atom. The molecule has 0 saturated carbocycles. The molecule has 3 aromatic rings. The number of ether oxygens (including phenoxy) is 1. The number of aliphatic imine (C=N–C) groups is 1. The van der Waals surface area contributed by atoms with Gasteiger partial charge in [-0.3, -0.25) is 9.79 Å². The number of hydrogen-bond donors (Lipinski definition) is 3. The van der Waals surface area contributed by atoms with Gasteiger partial charge in [0.15, 0.2) is 5.96 Å². The maximum absolute atomic E-state index is 11.1. The number of hydrogen-bond acceptors (Lipinski definition) is 4. The Balaban J connectivity index is 1.46. The lowest BCUT2D eigenvalue weighted by Gasteiger charge is -2.12. The van der Waals surface area contributed by atoms with Crippen LogP contribution in [0.15, 0.2) is 57.9 Å². The fourth-order valence-electron chi connectivity index (χ4n) is 2.98. The first kappa shape index (κ1) is 20.3. The van der Waals surface area contributed by atoms with Crippen LogP contribution < -0.4 is 20.7 Å². The van der Waals surface area contributed by atoms with E-state index < -0.39 is 0 Å². The molecule has 0 radical (unpaired) electrons. The average molecular weight is 394 g/mol. The van der Waals surface area contributed by atoms with Crippen molar-refractivity contribution in [1.29, 1.82) is 0 Å². The Labute approximate surface area is 170 Å². The van der Waals surface area contributed by atoms with Crippen LogP contribution in [-0.2, 0) is 11.3 Å². The molecular formula is C22H26N4O3. The summed E-state index contributed by atoms with van der Waals surface area (Å²) in [5.74, 6) is 2.14. The van der Waals surface area contributed by atoms with Crippen molar-refractivity contribution < 1.29 is 13.9 Å². The minimum Gasteiger partial charge on any atom is -0.492 e. The molecule has 1 aromatic heterocycles. The fourth-order valence-corrected chi connectivity index (χ4v) is 2.98. The summed E-state index contributed by atoms with van der Waals surface area (Å²) < 4.78 is 11.6. The minimum absolute atomic E-state index is 0.113. The van der Waals surface area contributed by atoms with Gasteiger partial charge in [-0.2, -0.15) is 0 Å². The van der Waals surface area contributed by atoms with Crippen molar-refractivity contribution in [2.45, 2.75) is 20.4 Å². The number of fused-ring (bicyclic) bond motifs is 1. The number of guanidine groups is 1. The molecule has 1 heterocycles. The lowest BCUT2D eigenvalue weighted by atomic mass is 10.1. The quantitative estimate of drug-likeness (QED) is 0.325. The number of furan rings is 1. The molecule has 29 heavy (non-hydrogen) atoms. The average Bonchev–Trinajstić information content (AvgIpc) is 3.03. The van der Waals surface area contributed by atoms with Gasteiger partial charge in [-0.05, 0) is 25.1 Å². The molecule has 1 amide bonds. The van der Waals surface area contributed by atoms with Gasteiger partial charge in [0, 0.05) is 36.7 Å². The highest BCUT2D eigenvalue weighted by atomic mass is 16.5. The Morgan fingerprint density at radius 1 is 1.14 bits per heavy atom. The second kappa shape index (κ2) is 9.64. The summed E-state index contributed by atoms with van der Waals surface area (Å²) in [5, 5.41) is 10.3. The third kappa shape index (κ3) is 5.51. The SMILES string of the molecule is CN=C(NCCOc1cccc(NC(C)=O)c1)NCc1oc2ccccc2c1C. The van der Waals surface area contributed by atoms with Crippen molar-refractivity contribution in [3.8, 4) is 5.75 Å². The van der Waals surface area contributed by atoms with E-state index in [0.29, 0.717) is 37.1 Å². The standard InChI is InChI=1S/C22H26N4O3/c1-15-19-9-4-5-10-20(19)29-21(15)14-25-22(23-3)24-11-12-28-18-8-6-7-17(13-18)26-16(2)27/h4-10,13H,11-12,14H2,1-3H3,(H,26,27)(H2,23,24,25). The van der Waals surface area contributed by atoms with Crippen LogP contribution in [0.5, 0.6) is 5.75 Å². The van der Waals surface area contributed by atoms with Crippen LogP contribution in [0.1, 0.15) is 18.2 Å². The van der Waals surface area contributed by atoms with E-state index in [1.54, 1.807) is 13.1 Å². The van der Waals surface area contributed by atoms with E-state index in [-0.39, 0.29) is 5.91 Å². The number of carbonyl (C=O) groups is 1. The summed E-state index contributed by atoms with van der Waals surface area (Å²) in [6.07, 6.45) is 0. The highest BCUT2D eigenvalue weighted by Gasteiger charge is 2.10. The van der Waals surface area contributed by atoms with Gasteiger partial charge in [0.2, 0.25) is 5.91 Å². The minimum atomic E-state index is -0.113. The molecule has 0 spiro atoms. The maximum atomic E-state index is 11.1. The van der Waals surface area contributed by atoms with Gasteiger partial charge in [-0.25, -0.2) is 0 Å². The lowest BCUT2D eigenvalue weighted by molar-refractivity contribution is -0.114. The summed E-state index contributed by atoms with van der Waals surface area (Å²) in [7, 11) is 1.72. The van der Waals surface area contributed by atoms with E-state index in [2.05, 4.69) is 33.9 Å². The van der Waals surface area contributed by atoms with E-state index in [9.17, 15) is 4.79 Å². The molecule has 7 heteroatoms. The van der Waals surface area contributed by atoms with Crippen LogP contribution in [0.3, 0.4) is 0 Å². The van der Waals surface area contributed by atoms with Crippen LogP contribution in [-0.4, -0.2) is 32.1 Å². The first-order valence-corrected chi connectivity index (χ1v) is 9.49. The smallest absolute Gasteiger partial charge is 0.221 e. The molecule has 0 unspecified atom stereocenters. The number of amides is 1. The van der Waals surface area contributed by atoms with E-state index in [0.717, 1.165) is 22.3 Å². The molecule has 3 N–H and O–H groups in total. The number of para-hydroxylation sites is 1. The normalized spacial score (nSPS) is 11.3. The van der Waals surface area contributed by atoms with Crippen LogP contribution in [0.25, 0.3) is 11.0 Å². The molecule has 0 aliphatic carbocycles. The largest absolute Gasteiger partial charge is 0.492 e. The summed E-state index contributed by atoms with van der Waals surface area (Å²) in [4.78, 5) is 15.4. The molecule has 7 nitrogen and oxygen atoms in total. The van der Waals surface area contributed by atoms with Gasteiger partial charge in [0.25, 0.3) is 0 Å². The Kier molecular flexibility index (Phi) is 6.73. The summed E-state index contributed by atoms with van der Waals surface area (Å²) in [5.41, 5.74) is 2.73. The topological polar surface area (TPSA) is 87.9 Å². The molecule has 0 fully saturated rings. The van der Waals surface area contributed by atoms with Gasteiger partial charge < -0.3 is 25.1 Å². The van der Waals surface area contributed by atoms with Crippen molar-refractivity contribution in [2.75, 3.05) is 25.5 Å². The van der Waals surface area contributed by atoms with Gasteiger partial charge >= 0.3 is 0 Å². The van der Waals surface area contributed by atoms with Crippen molar-refractivity contribution >= 4 is 28.5 Å². The Hall–Kier alpha value is -3.48. The van der Waals surface area contributed by atoms with Crippen molar-refractivity contribution in [3.05, 3.63) is 59.9 Å². The molecule has 0 saturated heterocycles. The number of benzene rings is 2. The molecule has 0 aliphatic rings. The number of carbonyl (C=O) groups excluding carboxylic acids is 1. The van der Waals surface area contributed by atoms with Crippen LogP contribution >= 0.6 is 0 Å². The van der Waals surface area contributed by atoms with E-state index >= 15 is 0 Å². The second-order valence-electron chi connectivity index (χ2n) is 6.56. The van der Waals surface area contributed by atoms with Crippen LogP contribution in [0.4, 0.5) is 5.69 Å². The zero-order valence-electron chi connectivity index (χ0n) is 16.9. The second-order valence-corrected chi connectivity index (χ2v) is 6.56. The highest BCUT2D eigenvalue weighted by molar-refractivity contribution is 5.88. The first-order valence-electron chi connectivity index (χ1n) is 9.49. The van der Waals surface area contributed by atoms with E-state index in [1.807, 2.05) is 36.4 Å². The molecule has 3 rings (SSSR count). The summed E-state index contributed by atoms with van der Waals surface area (Å²) in [6, 6.07) is 15.3. The van der Waals surface area contributed by atoms with Gasteiger partial charge in [-0.15, -0.1) is 0 Å². The first-order chi connectivity index (χ1) is 14.1. The summed E-state index contributed by atoms with van der Waals surface area (Å²) in [6.45, 7) is 5.10. The molecule has 0 aliphatic heterocycles. The summed E-state index contributed by atoms with van der Waals surface area (Å²) >= 11 is 0. The van der Waals surface area contributed by atoms with Gasteiger partial charge in [-0.1, -0.05) is 24.3 Å². The number of anilines is 1. The molecular weight excluding hydrogens is 368 g/mol. The third-order valence-electron chi connectivity index (χ3n) is 4.40. The fraction of sp³-hybridized carbons (Fsp3) is 0.273. The molecule has 152 valence electrons. The zero-order chi connectivity index (χ0) is 20.6. The molecule has 2 aromatic carbocycles. The molecule has 0 atom stereocenters. The van der Waals surface area contributed by atoms with Gasteiger partial charge in [0.1, 0.15) is 23.7 Å². The van der Waals surface area contributed by atoms with Crippen LogP contribution in [0.2, 0.25) is 0 Å². The van der Waals surface area contributed by atoms with Crippen molar-refractivity contribution in [2.24, 2.45) is 4.99 Å². The van der Waals surface area contributed by atoms with Crippen molar-refractivity contribution in [3.63, 3.8) is 0 Å². The van der Waals surface area contributed by atoms with E-state index in [1.165, 1.54) is 6.92 Å². The Morgan fingerprint density at radius 2 is 1.97 bits per heavy atom. The van der Waals surface area contributed by atoms with Crippen LogP contribution in [0, 0.1) is 6.92 Å². The predicted molar refractivity (Wildman–Crippen MR) is 115 cm³/mol. The Bertz CT molecular complexity index is 1010. The zero-order valence-corrected chi connectivity index (χ0v) is 16.9. The van der Waals surface area contributed by atoms with Gasteiger partial charge in [0.05, 0.1) is 13.1 Å². The highest BCUT2D eigenvalue weighted by Crippen LogP contribution is 2.24. The van der Waals surface area contributed by atoms with E-state index in [4.69, 9.17) is 9.15 Å². The van der Waals surface area contributed by atoms with Crippen molar-refractivity contribution in [1.82, 2.24) is 10.6 Å².